The number of fused-ring (bicyclic) bond motifs is 1. The molecule has 0 aliphatic carbocycles. The van der Waals surface area contributed by atoms with Gasteiger partial charge in [0.2, 0.25) is 5.91 Å². The van der Waals surface area contributed by atoms with Crippen LogP contribution in [0.4, 0.5) is 0 Å². The maximum Gasteiger partial charge on any atom is 0.226 e. The summed E-state index contributed by atoms with van der Waals surface area (Å²) in [5.41, 5.74) is 2.33. The maximum atomic E-state index is 12.2. The SMILES string of the molecule is CCN1Cc2cc(OC)c(OC)cc2CC(C)C1=O. The number of benzene rings is 1. The molecule has 1 aromatic rings. The minimum Gasteiger partial charge on any atom is -0.493 e. The molecule has 4 heteroatoms. The minimum absolute atomic E-state index is 0.0132. The highest BCUT2D eigenvalue weighted by Gasteiger charge is 2.26. The van der Waals surface area contributed by atoms with E-state index < -0.39 is 0 Å². The first-order valence-electron chi connectivity index (χ1n) is 6.63. The molecule has 1 heterocycles. The van der Waals surface area contributed by atoms with Crippen molar-refractivity contribution in [3.63, 3.8) is 0 Å². The van der Waals surface area contributed by atoms with Crippen LogP contribution in [0.2, 0.25) is 0 Å². The van der Waals surface area contributed by atoms with E-state index in [9.17, 15) is 4.79 Å². The predicted octanol–water partition coefficient (Wildman–Crippen LogP) is 2.24. The largest absolute Gasteiger partial charge is 0.493 e. The summed E-state index contributed by atoms with van der Waals surface area (Å²) >= 11 is 0. The summed E-state index contributed by atoms with van der Waals surface area (Å²) in [5.74, 6) is 1.68. The summed E-state index contributed by atoms with van der Waals surface area (Å²) in [5, 5.41) is 0. The van der Waals surface area contributed by atoms with Gasteiger partial charge in [-0.3, -0.25) is 4.79 Å². The molecule has 0 bridgehead atoms. The normalized spacial score (nSPS) is 18.8. The van der Waals surface area contributed by atoms with Crippen molar-refractivity contribution in [2.24, 2.45) is 5.92 Å². The number of amides is 1. The van der Waals surface area contributed by atoms with Crippen molar-refractivity contribution in [3.05, 3.63) is 23.3 Å². The Hall–Kier alpha value is -1.71. The monoisotopic (exact) mass is 263 g/mol. The molecular weight excluding hydrogens is 242 g/mol. The molecule has 0 saturated carbocycles. The lowest BCUT2D eigenvalue weighted by molar-refractivity contribution is -0.134. The van der Waals surface area contributed by atoms with Crippen molar-refractivity contribution >= 4 is 5.91 Å². The molecule has 1 aliphatic heterocycles. The van der Waals surface area contributed by atoms with Gasteiger partial charge in [0.1, 0.15) is 0 Å². The highest BCUT2D eigenvalue weighted by atomic mass is 16.5. The van der Waals surface area contributed by atoms with Gasteiger partial charge in [0.15, 0.2) is 11.5 Å². The number of ether oxygens (including phenoxy) is 2. The van der Waals surface area contributed by atoms with E-state index in [0.29, 0.717) is 6.54 Å². The molecule has 1 unspecified atom stereocenters. The fourth-order valence-corrected chi connectivity index (χ4v) is 2.58. The third-order valence-corrected chi connectivity index (χ3v) is 3.71. The number of carbonyl (C=O) groups is 1. The highest BCUT2D eigenvalue weighted by Crippen LogP contribution is 2.34. The fraction of sp³-hybridized carbons (Fsp3) is 0.533. The smallest absolute Gasteiger partial charge is 0.226 e. The van der Waals surface area contributed by atoms with Gasteiger partial charge >= 0.3 is 0 Å². The van der Waals surface area contributed by atoms with Crippen LogP contribution in [0.15, 0.2) is 12.1 Å². The Morgan fingerprint density at radius 3 is 2.32 bits per heavy atom. The Morgan fingerprint density at radius 2 is 1.79 bits per heavy atom. The number of rotatable bonds is 3. The molecule has 0 N–H and O–H groups in total. The number of methoxy groups -OCH3 is 2. The Labute approximate surface area is 114 Å². The number of carbonyl (C=O) groups excluding carboxylic acids is 1. The molecule has 0 saturated heterocycles. The Balaban J connectivity index is 2.46. The number of hydrogen-bond donors (Lipinski definition) is 0. The van der Waals surface area contributed by atoms with Crippen molar-refractivity contribution in [1.29, 1.82) is 0 Å². The van der Waals surface area contributed by atoms with E-state index in [2.05, 4.69) is 0 Å². The van der Waals surface area contributed by atoms with E-state index >= 15 is 0 Å². The number of nitrogens with zero attached hydrogens (tertiary/aromatic N) is 1. The van der Waals surface area contributed by atoms with Gasteiger partial charge in [-0.25, -0.2) is 0 Å². The van der Waals surface area contributed by atoms with Crippen LogP contribution < -0.4 is 9.47 Å². The van der Waals surface area contributed by atoms with E-state index in [-0.39, 0.29) is 11.8 Å². The molecule has 2 rings (SSSR count). The molecule has 4 nitrogen and oxygen atoms in total. The van der Waals surface area contributed by atoms with Gasteiger partial charge in [0.05, 0.1) is 14.2 Å². The highest BCUT2D eigenvalue weighted by molar-refractivity contribution is 5.79. The molecule has 0 aromatic heterocycles. The van der Waals surface area contributed by atoms with Gasteiger partial charge < -0.3 is 14.4 Å². The van der Waals surface area contributed by atoms with Crippen molar-refractivity contribution in [1.82, 2.24) is 4.90 Å². The predicted molar refractivity (Wildman–Crippen MR) is 73.5 cm³/mol. The van der Waals surface area contributed by atoms with Crippen LogP contribution in [0.1, 0.15) is 25.0 Å². The van der Waals surface area contributed by atoms with Crippen molar-refractivity contribution in [3.8, 4) is 11.5 Å². The minimum atomic E-state index is 0.0132. The zero-order valence-electron chi connectivity index (χ0n) is 12.0. The zero-order valence-corrected chi connectivity index (χ0v) is 12.0. The second kappa shape index (κ2) is 5.51. The average molecular weight is 263 g/mol. The lowest BCUT2D eigenvalue weighted by atomic mass is 9.98. The van der Waals surface area contributed by atoms with E-state index in [0.717, 1.165) is 30.0 Å². The molecule has 1 amide bonds. The molecule has 0 spiro atoms. The topological polar surface area (TPSA) is 38.8 Å². The lowest BCUT2D eigenvalue weighted by Gasteiger charge is -2.21. The maximum absolute atomic E-state index is 12.2. The second-order valence-electron chi connectivity index (χ2n) is 4.93. The van der Waals surface area contributed by atoms with E-state index in [4.69, 9.17) is 9.47 Å². The van der Waals surface area contributed by atoms with Gasteiger partial charge in [-0.1, -0.05) is 6.92 Å². The fourth-order valence-electron chi connectivity index (χ4n) is 2.58. The first-order chi connectivity index (χ1) is 9.10. The molecule has 1 atom stereocenters. The average Bonchev–Trinajstić information content (AvgIpc) is 2.54. The molecule has 0 fully saturated rings. The quantitative estimate of drug-likeness (QED) is 0.839. The summed E-state index contributed by atoms with van der Waals surface area (Å²) in [6.45, 7) is 5.37. The van der Waals surface area contributed by atoms with Gasteiger partial charge in [-0.2, -0.15) is 0 Å². The van der Waals surface area contributed by atoms with Crippen LogP contribution in [-0.2, 0) is 17.8 Å². The van der Waals surface area contributed by atoms with Crippen LogP contribution in [0.25, 0.3) is 0 Å². The Kier molecular flexibility index (Phi) is 3.98. The summed E-state index contributed by atoms with van der Waals surface area (Å²) in [6, 6.07) is 3.99. The molecule has 104 valence electrons. The number of hydrogen-bond acceptors (Lipinski definition) is 3. The third kappa shape index (κ3) is 2.53. The summed E-state index contributed by atoms with van der Waals surface area (Å²) in [7, 11) is 3.26. The molecule has 1 aliphatic rings. The summed E-state index contributed by atoms with van der Waals surface area (Å²) in [4.78, 5) is 14.1. The van der Waals surface area contributed by atoms with Crippen LogP contribution >= 0.6 is 0 Å². The zero-order chi connectivity index (χ0) is 14.0. The molecule has 19 heavy (non-hydrogen) atoms. The summed E-state index contributed by atoms with van der Waals surface area (Å²) in [6.07, 6.45) is 0.755. The van der Waals surface area contributed by atoms with E-state index in [1.54, 1.807) is 14.2 Å². The standard InChI is InChI=1S/C15H21NO3/c1-5-16-9-12-8-14(19-4)13(18-3)7-11(12)6-10(2)15(16)17/h7-8,10H,5-6,9H2,1-4H3. The third-order valence-electron chi connectivity index (χ3n) is 3.71. The van der Waals surface area contributed by atoms with Crippen LogP contribution in [0.3, 0.4) is 0 Å². The van der Waals surface area contributed by atoms with Crippen molar-refractivity contribution in [2.45, 2.75) is 26.8 Å². The van der Waals surface area contributed by atoms with Gasteiger partial charge in [0.25, 0.3) is 0 Å². The summed E-state index contributed by atoms with van der Waals surface area (Å²) < 4.78 is 10.7. The van der Waals surface area contributed by atoms with Crippen LogP contribution in [-0.4, -0.2) is 31.6 Å². The van der Waals surface area contributed by atoms with E-state index in [1.807, 2.05) is 30.9 Å². The molecular formula is C15H21NO3. The first-order valence-corrected chi connectivity index (χ1v) is 6.63. The van der Waals surface area contributed by atoms with Crippen molar-refractivity contribution in [2.75, 3.05) is 20.8 Å². The Morgan fingerprint density at radius 1 is 1.21 bits per heavy atom. The van der Waals surface area contributed by atoms with Crippen LogP contribution in [0, 0.1) is 5.92 Å². The second-order valence-corrected chi connectivity index (χ2v) is 4.93. The molecule has 1 aromatic carbocycles. The van der Waals surface area contributed by atoms with Gasteiger partial charge in [-0.05, 0) is 36.6 Å². The van der Waals surface area contributed by atoms with Gasteiger partial charge in [-0.15, -0.1) is 0 Å². The first kappa shape index (κ1) is 13.7. The van der Waals surface area contributed by atoms with Crippen molar-refractivity contribution < 1.29 is 14.3 Å². The lowest BCUT2D eigenvalue weighted by Crippen LogP contribution is -2.33. The Bertz CT molecular complexity index is 485. The van der Waals surface area contributed by atoms with Crippen LogP contribution in [0.5, 0.6) is 11.5 Å². The van der Waals surface area contributed by atoms with Gasteiger partial charge in [0, 0.05) is 19.0 Å². The van der Waals surface area contributed by atoms with E-state index in [1.165, 1.54) is 5.56 Å². The molecule has 0 radical (unpaired) electrons.